The number of aromatic nitrogens is 1. The second-order valence-electron chi connectivity index (χ2n) is 12.2. The predicted octanol–water partition coefficient (Wildman–Crippen LogP) is 6.96. The molecule has 0 aliphatic heterocycles. The third-order valence-electron chi connectivity index (χ3n) is 7.36. The van der Waals surface area contributed by atoms with Crippen molar-refractivity contribution < 1.29 is 42.1 Å². The Hall–Kier alpha value is -5.46. The number of alkyl carbamates (subject to hydrolysis) is 1. The van der Waals surface area contributed by atoms with E-state index in [1.54, 1.807) is 39.0 Å². The van der Waals surface area contributed by atoms with Gasteiger partial charge in [0.05, 0.1) is 19.2 Å². The standard InChI is InChI=1S/C35H36F2N4O7/c1-34(2,3)48-33(44)39-15-5-17-46-30-20-26-24(19-29(30)45-4)27(12-16-38-26)47-28-11-10-23(18-25(28)37)41-32(43)35(13-14-35)31(42)40-22-8-6-21(36)7-9-22/h6-12,16,18-20H,5,13-15,17H2,1-4H3,(H,39,44)(H,40,42)(H,41,43). The van der Waals surface area contributed by atoms with Gasteiger partial charge in [0.2, 0.25) is 11.8 Å². The van der Waals surface area contributed by atoms with Crippen molar-refractivity contribution in [1.82, 2.24) is 10.3 Å². The van der Waals surface area contributed by atoms with Gasteiger partial charge in [-0.1, -0.05) is 0 Å². The molecular weight excluding hydrogens is 626 g/mol. The zero-order valence-electron chi connectivity index (χ0n) is 26.9. The molecule has 48 heavy (non-hydrogen) atoms. The number of hydrogen-bond acceptors (Lipinski definition) is 8. The van der Waals surface area contributed by atoms with Crippen LogP contribution in [0.2, 0.25) is 0 Å². The molecule has 3 amide bonds. The molecule has 11 nitrogen and oxygen atoms in total. The maximum atomic E-state index is 15.2. The normalized spacial score (nSPS) is 13.3. The first-order valence-electron chi connectivity index (χ1n) is 15.3. The Labute approximate surface area is 275 Å². The van der Waals surface area contributed by atoms with Crippen LogP contribution in [-0.2, 0) is 14.3 Å². The predicted molar refractivity (Wildman–Crippen MR) is 174 cm³/mol. The Morgan fingerprint density at radius 2 is 1.54 bits per heavy atom. The van der Waals surface area contributed by atoms with Gasteiger partial charge in [-0.2, -0.15) is 0 Å². The van der Waals surface area contributed by atoms with Crippen LogP contribution in [-0.4, -0.2) is 48.8 Å². The molecule has 13 heteroatoms. The largest absolute Gasteiger partial charge is 0.493 e. The van der Waals surface area contributed by atoms with Crippen LogP contribution in [0, 0.1) is 17.0 Å². The summed E-state index contributed by atoms with van der Waals surface area (Å²) in [6.45, 7) is 5.99. The lowest BCUT2D eigenvalue weighted by Gasteiger charge is -2.19. The van der Waals surface area contributed by atoms with E-state index in [-0.39, 0.29) is 18.0 Å². The number of amides is 3. The molecule has 0 saturated heterocycles. The molecule has 3 aromatic carbocycles. The van der Waals surface area contributed by atoms with Crippen LogP contribution in [0.15, 0.2) is 66.9 Å². The number of halogens is 2. The van der Waals surface area contributed by atoms with Gasteiger partial charge in [0.15, 0.2) is 23.1 Å². The quantitative estimate of drug-likeness (QED) is 0.109. The highest BCUT2D eigenvalue weighted by Crippen LogP contribution is 2.47. The first-order valence-corrected chi connectivity index (χ1v) is 15.3. The second-order valence-corrected chi connectivity index (χ2v) is 12.2. The average Bonchev–Trinajstić information content (AvgIpc) is 3.85. The minimum atomic E-state index is -1.30. The highest BCUT2D eigenvalue weighted by atomic mass is 19.1. The molecule has 1 aliphatic carbocycles. The molecule has 0 bridgehead atoms. The van der Waals surface area contributed by atoms with Gasteiger partial charge in [0.25, 0.3) is 0 Å². The van der Waals surface area contributed by atoms with E-state index in [1.165, 1.54) is 49.7 Å². The Morgan fingerprint density at radius 3 is 2.19 bits per heavy atom. The highest BCUT2D eigenvalue weighted by molar-refractivity contribution is 6.16. The third-order valence-corrected chi connectivity index (χ3v) is 7.36. The first-order chi connectivity index (χ1) is 22.9. The molecule has 3 N–H and O–H groups in total. The van der Waals surface area contributed by atoms with Gasteiger partial charge in [0.1, 0.15) is 22.6 Å². The SMILES string of the molecule is COc1cc2c(Oc3ccc(NC(=O)C4(C(=O)Nc5ccc(F)cc5)CC4)cc3F)ccnc2cc1OCCCNC(=O)OC(C)(C)C. The van der Waals surface area contributed by atoms with Gasteiger partial charge < -0.3 is 34.9 Å². The Morgan fingerprint density at radius 1 is 0.854 bits per heavy atom. The molecule has 252 valence electrons. The Balaban J connectivity index is 1.21. The van der Waals surface area contributed by atoms with E-state index >= 15 is 4.39 Å². The highest BCUT2D eigenvalue weighted by Gasteiger charge is 2.56. The molecule has 0 unspecified atom stereocenters. The molecule has 0 atom stereocenters. The van der Waals surface area contributed by atoms with Crippen LogP contribution in [0.4, 0.5) is 25.0 Å². The number of nitrogens with zero attached hydrogens (tertiary/aromatic N) is 1. The summed E-state index contributed by atoms with van der Waals surface area (Å²) in [6.07, 6.45) is 2.17. The minimum Gasteiger partial charge on any atom is -0.493 e. The van der Waals surface area contributed by atoms with Gasteiger partial charge in [-0.25, -0.2) is 13.6 Å². The summed E-state index contributed by atoms with van der Waals surface area (Å²) in [6, 6.07) is 14.1. The number of rotatable bonds is 12. The number of carbonyl (C=O) groups is 3. The first kappa shape index (κ1) is 33.9. The van der Waals surface area contributed by atoms with Gasteiger partial charge in [-0.05, 0) is 88.6 Å². The van der Waals surface area contributed by atoms with Crippen LogP contribution in [0.5, 0.6) is 23.0 Å². The van der Waals surface area contributed by atoms with Gasteiger partial charge in [-0.3, -0.25) is 14.6 Å². The third kappa shape index (κ3) is 8.27. The molecule has 5 rings (SSSR count). The lowest BCUT2D eigenvalue weighted by Crippen LogP contribution is -2.35. The van der Waals surface area contributed by atoms with Crippen molar-refractivity contribution in [3.05, 3.63) is 78.5 Å². The number of benzene rings is 3. The van der Waals surface area contributed by atoms with Crippen molar-refractivity contribution in [2.75, 3.05) is 30.9 Å². The van der Waals surface area contributed by atoms with Crippen molar-refractivity contribution >= 4 is 40.2 Å². The Kier molecular flexibility index (Phi) is 9.97. The summed E-state index contributed by atoms with van der Waals surface area (Å²) in [4.78, 5) is 42.1. The average molecular weight is 663 g/mol. The Bertz CT molecular complexity index is 1820. The molecular formula is C35H36F2N4O7. The number of hydrogen-bond donors (Lipinski definition) is 3. The lowest BCUT2D eigenvalue weighted by atomic mass is 10.0. The summed E-state index contributed by atoms with van der Waals surface area (Å²) in [7, 11) is 1.49. The molecule has 1 aliphatic rings. The summed E-state index contributed by atoms with van der Waals surface area (Å²) in [5.41, 5.74) is -0.865. The topological polar surface area (TPSA) is 137 Å². The van der Waals surface area contributed by atoms with Gasteiger partial charge in [0, 0.05) is 41.6 Å². The van der Waals surface area contributed by atoms with Crippen molar-refractivity contribution in [1.29, 1.82) is 0 Å². The van der Waals surface area contributed by atoms with E-state index < -0.39 is 40.6 Å². The van der Waals surface area contributed by atoms with E-state index in [0.29, 0.717) is 59.6 Å². The zero-order chi connectivity index (χ0) is 34.5. The maximum absolute atomic E-state index is 15.2. The fourth-order valence-corrected chi connectivity index (χ4v) is 4.75. The van der Waals surface area contributed by atoms with E-state index in [1.807, 2.05) is 0 Å². The van der Waals surface area contributed by atoms with Gasteiger partial charge in [-0.15, -0.1) is 0 Å². The fourth-order valence-electron chi connectivity index (χ4n) is 4.75. The molecule has 0 spiro atoms. The smallest absolute Gasteiger partial charge is 0.407 e. The number of ether oxygens (including phenoxy) is 4. The molecule has 0 radical (unpaired) electrons. The number of anilines is 2. The molecule has 1 heterocycles. The van der Waals surface area contributed by atoms with Crippen LogP contribution < -0.4 is 30.2 Å². The number of pyridine rings is 1. The van der Waals surface area contributed by atoms with Crippen LogP contribution in [0.3, 0.4) is 0 Å². The number of nitrogens with one attached hydrogen (secondary N) is 3. The van der Waals surface area contributed by atoms with E-state index in [9.17, 15) is 18.8 Å². The van der Waals surface area contributed by atoms with E-state index in [4.69, 9.17) is 18.9 Å². The monoisotopic (exact) mass is 662 g/mol. The summed E-state index contributed by atoms with van der Waals surface area (Å²) in [5, 5.41) is 8.47. The zero-order valence-corrected chi connectivity index (χ0v) is 26.9. The number of fused-ring (bicyclic) bond motifs is 1. The van der Waals surface area contributed by atoms with Crippen molar-refractivity contribution in [3.63, 3.8) is 0 Å². The maximum Gasteiger partial charge on any atom is 0.407 e. The van der Waals surface area contributed by atoms with E-state index in [2.05, 4.69) is 20.9 Å². The summed E-state index contributed by atoms with van der Waals surface area (Å²) < 4.78 is 51.0. The molecule has 1 saturated carbocycles. The summed E-state index contributed by atoms with van der Waals surface area (Å²) in [5.74, 6) is -1.25. The van der Waals surface area contributed by atoms with Crippen molar-refractivity contribution in [2.24, 2.45) is 5.41 Å². The molecule has 1 aromatic heterocycles. The van der Waals surface area contributed by atoms with Crippen LogP contribution in [0.25, 0.3) is 10.9 Å². The molecule has 1 fully saturated rings. The fraction of sp³-hybridized carbons (Fsp3) is 0.314. The van der Waals surface area contributed by atoms with Crippen LogP contribution in [0.1, 0.15) is 40.0 Å². The molecule has 4 aromatic rings. The number of methoxy groups -OCH3 is 1. The second kappa shape index (κ2) is 14.1. The minimum absolute atomic E-state index is 0.104. The summed E-state index contributed by atoms with van der Waals surface area (Å²) >= 11 is 0. The van der Waals surface area contributed by atoms with Crippen molar-refractivity contribution in [2.45, 2.75) is 45.6 Å². The van der Waals surface area contributed by atoms with Crippen molar-refractivity contribution in [3.8, 4) is 23.0 Å². The van der Waals surface area contributed by atoms with E-state index in [0.717, 1.165) is 6.07 Å². The van der Waals surface area contributed by atoms with Crippen LogP contribution >= 0.6 is 0 Å². The lowest BCUT2D eigenvalue weighted by molar-refractivity contribution is -0.131. The van der Waals surface area contributed by atoms with Gasteiger partial charge >= 0.3 is 6.09 Å². The number of carbonyl (C=O) groups excluding carboxylic acids is 3.